The van der Waals surface area contributed by atoms with Gasteiger partial charge < -0.3 is 10.4 Å². The first-order chi connectivity index (χ1) is 8.11. The van der Waals surface area contributed by atoms with Gasteiger partial charge in [0.15, 0.2) is 0 Å². The highest BCUT2D eigenvalue weighted by Crippen LogP contribution is 2.28. The number of nitrogens with one attached hydrogen (secondary N) is 1. The van der Waals surface area contributed by atoms with Crippen LogP contribution in [0, 0.1) is 0 Å². The van der Waals surface area contributed by atoms with E-state index in [2.05, 4.69) is 30.3 Å². The fourth-order valence-electron chi connectivity index (χ4n) is 2.36. The van der Waals surface area contributed by atoms with Gasteiger partial charge in [-0.3, -0.25) is 9.48 Å². The molecule has 0 spiro atoms. The molecule has 5 nitrogen and oxygen atoms in total. The quantitative estimate of drug-likeness (QED) is 0.794. The van der Waals surface area contributed by atoms with Crippen molar-refractivity contribution in [3.05, 3.63) is 17.5 Å². The minimum atomic E-state index is -0.762. The summed E-state index contributed by atoms with van der Waals surface area (Å²) in [4.78, 5) is 11.0. The van der Waals surface area contributed by atoms with Crippen molar-refractivity contribution in [2.45, 2.75) is 38.6 Å². The molecule has 0 unspecified atom stereocenters. The third kappa shape index (κ3) is 2.07. The number of rotatable bonds is 5. The van der Waals surface area contributed by atoms with Gasteiger partial charge in [0.25, 0.3) is 0 Å². The number of aromatic nitrogens is 2. The molecule has 0 radical (unpaired) electrons. The van der Waals surface area contributed by atoms with Gasteiger partial charge in [0.2, 0.25) is 0 Å². The lowest BCUT2D eigenvalue weighted by atomic mass is 9.88. The van der Waals surface area contributed by atoms with Crippen molar-refractivity contribution in [3.63, 3.8) is 0 Å². The maximum atomic E-state index is 11.0. The molecule has 5 heteroatoms. The van der Waals surface area contributed by atoms with Gasteiger partial charge in [-0.25, -0.2) is 0 Å². The SMILES string of the molecule is CCc1cc(CC)n(C2(CC(=O)O)CNC2)n1. The molecule has 2 heterocycles. The number of carbonyl (C=O) groups is 1. The average molecular weight is 237 g/mol. The van der Waals surface area contributed by atoms with Gasteiger partial charge in [-0.1, -0.05) is 13.8 Å². The maximum Gasteiger partial charge on any atom is 0.305 e. The van der Waals surface area contributed by atoms with Gasteiger partial charge in [-0.15, -0.1) is 0 Å². The van der Waals surface area contributed by atoms with Crippen LogP contribution in [0.1, 0.15) is 31.7 Å². The second kappa shape index (κ2) is 4.49. The van der Waals surface area contributed by atoms with Crippen LogP contribution in [0.2, 0.25) is 0 Å². The van der Waals surface area contributed by atoms with E-state index in [4.69, 9.17) is 5.11 Å². The molecule has 1 fully saturated rings. The van der Waals surface area contributed by atoms with Gasteiger partial charge in [-0.05, 0) is 18.9 Å². The van der Waals surface area contributed by atoms with Crippen LogP contribution in [0.3, 0.4) is 0 Å². The molecule has 1 aliphatic rings. The van der Waals surface area contributed by atoms with Crippen molar-refractivity contribution in [3.8, 4) is 0 Å². The van der Waals surface area contributed by atoms with Gasteiger partial charge in [0.1, 0.15) is 0 Å². The van der Waals surface area contributed by atoms with E-state index in [1.165, 1.54) is 0 Å². The highest BCUT2D eigenvalue weighted by molar-refractivity contribution is 5.68. The van der Waals surface area contributed by atoms with Crippen LogP contribution in [0.5, 0.6) is 0 Å². The summed E-state index contributed by atoms with van der Waals surface area (Å²) in [5.74, 6) is -0.762. The second-order valence-corrected chi connectivity index (χ2v) is 4.64. The molecule has 0 bridgehead atoms. The van der Waals surface area contributed by atoms with Crippen LogP contribution in [0.25, 0.3) is 0 Å². The molecule has 17 heavy (non-hydrogen) atoms. The van der Waals surface area contributed by atoms with Crippen LogP contribution in [0.15, 0.2) is 6.07 Å². The molecule has 0 saturated carbocycles. The van der Waals surface area contributed by atoms with E-state index < -0.39 is 5.97 Å². The minimum absolute atomic E-state index is 0.137. The largest absolute Gasteiger partial charge is 0.481 e. The Hall–Kier alpha value is -1.36. The number of aryl methyl sites for hydroxylation is 2. The van der Waals surface area contributed by atoms with E-state index in [1.807, 2.05) is 4.68 Å². The summed E-state index contributed by atoms with van der Waals surface area (Å²) < 4.78 is 1.94. The molecule has 1 saturated heterocycles. The van der Waals surface area contributed by atoms with Crippen LogP contribution in [0.4, 0.5) is 0 Å². The van der Waals surface area contributed by atoms with E-state index >= 15 is 0 Å². The van der Waals surface area contributed by atoms with Gasteiger partial charge in [-0.2, -0.15) is 5.10 Å². The van der Waals surface area contributed by atoms with E-state index in [1.54, 1.807) is 0 Å². The predicted octanol–water partition coefficient (Wildman–Crippen LogP) is 0.781. The molecule has 1 aromatic rings. The van der Waals surface area contributed by atoms with E-state index in [0.29, 0.717) is 13.1 Å². The number of nitrogens with zero attached hydrogens (tertiary/aromatic N) is 2. The second-order valence-electron chi connectivity index (χ2n) is 4.64. The lowest BCUT2D eigenvalue weighted by Gasteiger charge is -2.42. The Labute approximate surface area is 101 Å². The van der Waals surface area contributed by atoms with Gasteiger partial charge in [0.05, 0.1) is 17.7 Å². The Balaban J connectivity index is 2.35. The highest BCUT2D eigenvalue weighted by atomic mass is 16.4. The summed E-state index contributed by atoms with van der Waals surface area (Å²) in [7, 11) is 0. The van der Waals surface area contributed by atoms with Crippen LogP contribution in [-0.2, 0) is 23.2 Å². The zero-order valence-corrected chi connectivity index (χ0v) is 10.4. The summed E-state index contributed by atoms with van der Waals surface area (Å²) >= 11 is 0. The Morgan fingerprint density at radius 2 is 2.24 bits per heavy atom. The lowest BCUT2D eigenvalue weighted by Crippen LogP contribution is -2.62. The zero-order chi connectivity index (χ0) is 12.5. The van der Waals surface area contributed by atoms with Crippen LogP contribution in [-0.4, -0.2) is 33.9 Å². The molecule has 0 atom stereocenters. The predicted molar refractivity (Wildman–Crippen MR) is 64.1 cm³/mol. The maximum absolute atomic E-state index is 11.0. The molecule has 0 amide bonds. The number of hydrogen-bond donors (Lipinski definition) is 2. The number of carboxylic acids is 1. The summed E-state index contributed by atoms with van der Waals surface area (Å²) in [6.07, 6.45) is 1.91. The van der Waals surface area contributed by atoms with E-state index in [9.17, 15) is 4.79 Å². The Kier molecular flexibility index (Phi) is 3.19. The molecule has 2 rings (SSSR count). The fraction of sp³-hybridized carbons (Fsp3) is 0.667. The fourth-order valence-corrected chi connectivity index (χ4v) is 2.36. The smallest absolute Gasteiger partial charge is 0.305 e. The van der Waals surface area contributed by atoms with E-state index in [0.717, 1.165) is 24.2 Å². The minimum Gasteiger partial charge on any atom is -0.481 e. The summed E-state index contributed by atoms with van der Waals surface area (Å²) in [6, 6.07) is 2.09. The van der Waals surface area contributed by atoms with Crippen molar-refractivity contribution >= 4 is 5.97 Å². The van der Waals surface area contributed by atoms with Crippen molar-refractivity contribution in [2.75, 3.05) is 13.1 Å². The number of hydrogen-bond acceptors (Lipinski definition) is 3. The third-order valence-corrected chi connectivity index (χ3v) is 3.40. The van der Waals surface area contributed by atoms with Crippen molar-refractivity contribution in [1.29, 1.82) is 0 Å². The molecule has 94 valence electrons. The Morgan fingerprint density at radius 3 is 2.65 bits per heavy atom. The normalized spacial score (nSPS) is 17.8. The van der Waals surface area contributed by atoms with E-state index in [-0.39, 0.29) is 12.0 Å². The zero-order valence-electron chi connectivity index (χ0n) is 10.4. The summed E-state index contributed by atoms with van der Waals surface area (Å²) in [6.45, 7) is 5.52. The Morgan fingerprint density at radius 1 is 1.53 bits per heavy atom. The lowest BCUT2D eigenvalue weighted by molar-refractivity contribution is -0.140. The Bertz CT molecular complexity index is 421. The summed E-state index contributed by atoms with van der Waals surface area (Å²) in [5, 5.41) is 16.8. The molecule has 2 N–H and O–H groups in total. The third-order valence-electron chi connectivity index (χ3n) is 3.40. The standard InChI is InChI=1S/C12H19N3O2/c1-3-9-5-10(4-2)15(14-9)12(6-11(16)17)7-13-8-12/h5,13H,3-4,6-8H2,1-2H3,(H,16,17). The number of carboxylic acid groups (broad SMARTS) is 1. The topological polar surface area (TPSA) is 67.2 Å². The van der Waals surface area contributed by atoms with Crippen LogP contribution >= 0.6 is 0 Å². The van der Waals surface area contributed by atoms with Crippen LogP contribution < -0.4 is 5.32 Å². The van der Waals surface area contributed by atoms with Crippen molar-refractivity contribution in [2.24, 2.45) is 0 Å². The first kappa shape index (κ1) is 12.1. The molecule has 1 aliphatic heterocycles. The molecule has 0 aliphatic carbocycles. The molecule has 1 aromatic heterocycles. The first-order valence-corrected chi connectivity index (χ1v) is 6.12. The average Bonchev–Trinajstić information content (AvgIpc) is 2.66. The molecular formula is C12H19N3O2. The summed E-state index contributed by atoms with van der Waals surface area (Å²) in [5.41, 5.74) is 1.81. The molecule has 0 aromatic carbocycles. The number of aliphatic carboxylic acids is 1. The van der Waals surface area contributed by atoms with Crippen molar-refractivity contribution in [1.82, 2.24) is 15.1 Å². The van der Waals surface area contributed by atoms with Gasteiger partial charge >= 0.3 is 5.97 Å². The molecular weight excluding hydrogens is 218 g/mol. The first-order valence-electron chi connectivity index (χ1n) is 6.12. The monoisotopic (exact) mass is 237 g/mol. The van der Waals surface area contributed by atoms with Crippen molar-refractivity contribution < 1.29 is 9.90 Å². The van der Waals surface area contributed by atoms with Gasteiger partial charge in [0, 0.05) is 18.8 Å². The highest BCUT2D eigenvalue weighted by Gasteiger charge is 2.42.